The topological polar surface area (TPSA) is 98.2 Å². The highest BCUT2D eigenvalue weighted by atomic mass is 16.4. The van der Waals surface area contributed by atoms with Gasteiger partial charge in [0.2, 0.25) is 5.91 Å². The Morgan fingerprint density at radius 2 is 1.91 bits per heavy atom. The molecule has 1 aromatic heterocycles. The lowest BCUT2D eigenvalue weighted by Gasteiger charge is -2.12. The van der Waals surface area contributed by atoms with Crippen LogP contribution in [0.15, 0.2) is 28.7 Å². The average molecular weight is 315 g/mol. The minimum absolute atomic E-state index is 0.0437. The van der Waals surface area contributed by atoms with Crippen molar-refractivity contribution in [1.29, 1.82) is 0 Å². The zero-order valence-corrected chi connectivity index (χ0v) is 13.8. The van der Waals surface area contributed by atoms with Crippen LogP contribution in [0.5, 0.6) is 0 Å². The summed E-state index contributed by atoms with van der Waals surface area (Å²) in [5.41, 5.74) is 6.42. The predicted octanol–water partition coefficient (Wildman–Crippen LogP) is 2.56. The normalized spacial score (nSPS) is 11.3. The van der Waals surface area contributed by atoms with Gasteiger partial charge in [-0.3, -0.25) is 9.59 Å². The lowest BCUT2D eigenvalue weighted by atomic mass is 9.97. The Balaban J connectivity index is 2.15. The number of para-hydroxylation sites is 1. The molecule has 6 nitrogen and oxygen atoms in total. The first-order valence-electron chi connectivity index (χ1n) is 7.34. The molecule has 1 aromatic carbocycles. The summed E-state index contributed by atoms with van der Waals surface area (Å²) in [5, 5.41) is 2.69. The largest absolute Gasteiger partial charge is 0.444 e. The van der Waals surface area contributed by atoms with E-state index in [0.29, 0.717) is 23.0 Å². The number of hydrogen-bond donors (Lipinski definition) is 2. The Hall–Kier alpha value is -2.63. The highest BCUT2D eigenvalue weighted by Gasteiger charge is 2.23. The fraction of sp³-hybridized carbons (Fsp3) is 0.353. The average Bonchev–Trinajstić information content (AvgIpc) is 2.80. The number of amides is 2. The molecule has 0 aliphatic rings. The van der Waals surface area contributed by atoms with Crippen molar-refractivity contribution in [1.82, 2.24) is 4.98 Å². The van der Waals surface area contributed by atoms with Crippen LogP contribution < -0.4 is 11.1 Å². The minimum atomic E-state index is -0.591. The molecule has 23 heavy (non-hydrogen) atoms. The lowest BCUT2D eigenvalue weighted by molar-refractivity contribution is -0.115. The summed E-state index contributed by atoms with van der Waals surface area (Å²) in [6, 6.07) is 6.60. The summed E-state index contributed by atoms with van der Waals surface area (Å²) < 4.78 is 5.70. The van der Waals surface area contributed by atoms with E-state index in [4.69, 9.17) is 10.2 Å². The molecule has 0 fully saturated rings. The molecule has 122 valence electrons. The van der Waals surface area contributed by atoms with Crippen molar-refractivity contribution in [2.45, 2.75) is 39.5 Å². The van der Waals surface area contributed by atoms with Gasteiger partial charge in [0.25, 0.3) is 5.91 Å². The maximum Gasteiger partial charge on any atom is 0.250 e. The van der Waals surface area contributed by atoms with Gasteiger partial charge in [-0.05, 0) is 19.1 Å². The van der Waals surface area contributed by atoms with Crippen molar-refractivity contribution in [3.8, 4) is 0 Å². The monoisotopic (exact) mass is 315 g/mol. The van der Waals surface area contributed by atoms with Crippen molar-refractivity contribution in [3.05, 3.63) is 47.2 Å². The van der Waals surface area contributed by atoms with E-state index in [0.717, 1.165) is 0 Å². The first kappa shape index (κ1) is 16.7. The second-order valence-electron chi connectivity index (χ2n) is 6.41. The van der Waals surface area contributed by atoms with Crippen molar-refractivity contribution >= 4 is 17.5 Å². The summed E-state index contributed by atoms with van der Waals surface area (Å²) in [6.45, 7) is 7.78. The number of oxazole rings is 1. The summed E-state index contributed by atoms with van der Waals surface area (Å²) in [5.74, 6) is 0.226. The molecule has 1 heterocycles. The number of carbonyl (C=O) groups excluding carboxylic acids is 2. The predicted molar refractivity (Wildman–Crippen MR) is 87.2 cm³/mol. The highest BCUT2D eigenvalue weighted by molar-refractivity contribution is 6.03. The number of aryl methyl sites for hydroxylation is 1. The van der Waals surface area contributed by atoms with E-state index >= 15 is 0 Å². The molecule has 0 aliphatic carbocycles. The molecule has 3 N–H and O–H groups in total. The lowest BCUT2D eigenvalue weighted by Crippen LogP contribution is -2.19. The van der Waals surface area contributed by atoms with Crippen molar-refractivity contribution in [2.75, 3.05) is 5.32 Å². The molecule has 2 aromatic rings. The maximum atomic E-state index is 12.2. The first-order chi connectivity index (χ1) is 10.7. The van der Waals surface area contributed by atoms with Gasteiger partial charge >= 0.3 is 0 Å². The number of anilines is 1. The third-order valence-corrected chi connectivity index (χ3v) is 3.32. The molecule has 0 aliphatic heterocycles. The number of carbonyl (C=O) groups is 2. The van der Waals surface area contributed by atoms with Crippen LogP contribution >= 0.6 is 0 Å². The summed E-state index contributed by atoms with van der Waals surface area (Å²) in [6.07, 6.45) is 0.0437. The molecule has 2 amide bonds. The zero-order valence-electron chi connectivity index (χ0n) is 13.8. The number of benzene rings is 1. The van der Waals surface area contributed by atoms with E-state index in [9.17, 15) is 9.59 Å². The second kappa shape index (κ2) is 6.24. The van der Waals surface area contributed by atoms with Crippen molar-refractivity contribution < 1.29 is 14.0 Å². The number of nitrogens with zero attached hydrogens (tertiary/aromatic N) is 1. The van der Waals surface area contributed by atoms with Crippen LogP contribution in [-0.2, 0) is 16.6 Å². The van der Waals surface area contributed by atoms with Crippen LogP contribution in [0.2, 0.25) is 0 Å². The van der Waals surface area contributed by atoms with Gasteiger partial charge in [-0.2, -0.15) is 0 Å². The van der Waals surface area contributed by atoms with Crippen LogP contribution in [0.25, 0.3) is 0 Å². The summed E-state index contributed by atoms with van der Waals surface area (Å²) >= 11 is 0. The van der Waals surface area contributed by atoms with Crippen molar-refractivity contribution in [3.63, 3.8) is 0 Å². The van der Waals surface area contributed by atoms with E-state index in [-0.39, 0.29) is 23.3 Å². The van der Waals surface area contributed by atoms with Gasteiger partial charge in [0.1, 0.15) is 5.76 Å². The highest BCUT2D eigenvalue weighted by Crippen LogP contribution is 2.24. The molecule has 0 spiro atoms. The minimum Gasteiger partial charge on any atom is -0.444 e. The van der Waals surface area contributed by atoms with Gasteiger partial charge in [0, 0.05) is 5.41 Å². The Labute approximate surface area is 135 Å². The van der Waals surface area contributed by atoms with Gasteiger partial charge in [0.05, 0.1) is 23.4 Å². The third kappa shape index (κ3) is 3.97. The van der Waals surface area contributed by atoms with Crippen LogP contribution in [0.1, 0.15) is 48.5 Å². The van der Waals surface area contributed by atoms with E-state index in [2.05, 4.69) is 10.3 Å². The number of nitrogens with two attached hydrogens (primary N) is 1. The fourth-order valence-electron chi connectivity index (χ4n) is 2.06. The molecular formula is C17H21N3O3. The third-order valence-electron chi connectivity index (χ3n) is 3.32. The molecule has 0 bridgehead atoms. The van der Waals surface area contributed by atoms with E-state index < -0.39 is 5.91 Å². The maximum absolute atomic E-state index is 12.2. The number of hydrogen-bond acceptors (Lipinski definition) is 4. The zero-order chi connectivity index (χ0) is 17.2. The quantitative estimate of drug-likeness (QED) is 0.905. The molecule has 0 radical (unpaired) electrons. The van der Waals surface area contributed by atoms with Crippen molar-refractivity contribution in [2.24, 2.45) is 5.73 Å². The molecule has 6 heteroatoms. The Morgan fingerprint density at radius 3 is 2.48 bits per heavy atom. The van der Waals surface area contributed by atoms with Gasteiger partial charge in [-0.25, -0.2) is 4.98 Å². The SMILES string of the molecule is Cc1nc(C(C)(C)C)oc1CC(=O)Nc1ccccc1C(N)=O. The first-order valence-corrected chi connectivity index (χ1v) is 7.34. The Bertz CT molecular complexity index is 742. The van der Waals surface area contributed by atoms with Crippen LogP contribution in [0.4, 0.5) is 5.69 Å². The fourth-order valence-corrected chi connectivity index (χ4v) is 2.06. The van der Waals surface area contributed by atoms with E-state index in [1.54, 1.807) is 31.2 Å². The number of aromatic nitrogens is 1. The molecule has 2 rings (SSSR count). The van der Waals surface area contributed by atoms with E-state index in [1.807, 2.05) is 20.8 Å². The molecule has 0 saturated carbocycles. The van der Waals surface area contributed by atoms with Crippen LogP contribution in [0, 0.1) is 6.92 Å². The number of rotatable bonds is 4. The Morgan fingerprint density at radius 1 is 1.26 bits per heavy atom. The van der Waals surface area contributed by atoms with Gasteiger partial charge in [-0.1, -0.05) is 32.9 Å². The molecule has 0 unspecified atom stereocenters. The van der Waals surface area contributed by atoms with Gasteiger partial charge in [-0.15, -0.1) is 0 Å². The summed E-state index contributed by atoms with van der Waals surface area (Å²) in [7, 11) is 0. The van der Waals surface area contributed by atoms with Gasteiger partial charge in [0.15, 0.2) is 5.89 Å². The standard InChI is InChI=1S/C17H21N3O3/c1-10-13(23-16(19-10)17(2,3)4)9-14(21)20-12-8-6-5-7-11(12)15(18)22/h5-8H,9H2,1-4H3,(H2,18,22)(H,20,21). The molecule has 0 saturated heterocycles. The second-order valence-corrected chi connectivity index (χ2v) is 6.41. The van der Waals surface area contributed by atoms with Crippen LogP contribution in [0.3, 0.4) is 0 Å². The smallest absolute Gasteiger partial charge is 0.250 e. The number of primary amides is 1. The Kier molecular flexibility index (Phi) is 4.54. The summed E-state index contributed by atoms with van der Waals surface area (Å²) in [4.78, 5) is 28.0. The number of nitrogens with one attached hydrogen (secondary N) is 1. The molecular weight excluding hydrogens is 294 g/mol. The molecule has 0 atom stereocenters. The van der Waals surface area contributed by atoms with E-state index in [1.165, 1.54) is 0 Å². The van der Waals surface area contributed by atoms with Crippen LogP contribution in [-0.4, -0.2) is 16.8 Å². The van der Waals surface area contributed by atoms with Gasteiger partial charge < -0.3 is 15.5 Å².